The first-order valence-electron chi connectivity index (χ1n) is 6.99. The molecule has 0 aliphatic carbocycles. The van der Waals surface area contributed by atoms with Gasteiger partial charge in [-0.2, -0.15) is 5.10 Å². The number of anilines is 1. The molecule has 3 rings (SSSR count). The molecule has 11 heteroatoms. The van der Waals surface area contributed by atoms with Crippen LogP contribution in [0.4, 0.5) is 5.69 Å². The minimum atomic E-state index is -0.439. The van der Waals surface area contributed by atoms with Crippen molar-refractivity contribution < 1.29 is 0 Å². The van der Waals surface area contributed by atoms with Crippen LogP contribution in [-0.4, -0.2) is 35.4 Å². The second-order valence-electron chi connectivity index (χ2n) is 5.16. The summed E-state index contributed by atoms with van der Waals surface area (Å²) in [5.41, 5.74) is -0.469. The van der Waals surface area contributed by atoms with Crippen LogP contribution in [0.2, 0.25) is 5.02 Å². The molecular formula is C13H14ClN7O3. The summed E-state index contributed by atoms with van der Waals surface area (Å²) < 4.78 is 3.96. The molecule has 0 unspecified atom stereocenters. The van der Waals surface area contributed by atoms with Gasteiger partial charge in [-0.3, -0.25) is 18.7 Å². The highest BCUT2D eigenvalue weighted by atomic mass is 35.5. The number of fused-ring (bicyclic) bond motifs is 1. The van der Waals surface area contributed by atoms with Gasteiger partial charge in [0.15, 0.2) is 11.2 Å². The zero-order chi connectivity index (χ0) is 17.4. The van der Waals surface area contributed by atoms with Gasteiger partial charge >= 0.3 is 5.69 Å². The predicted molar refractivity (Wildman–Crippen MR) is 88.6 cm³/mol. The molecule has 0 atom stereocenters. The van der Waals surface area contributed by atoms with Gasteiger partial charge in [0.25, 0.3) is 11.1 Å². The Bertz CT molecular complexity index is 1090. The van der Waals surface area contributed by atoms with E-state index in [1.54, 1.807) is 11.6 Å². The van der Waals surface area contributed by atoms with E-state index in [2.05, 4.69) is 20.5 Å². The molecule has 0 spiro atoms. The number of aromatic amines is 1. The Balaban J connectivity index is 1.91. The van der Waals surface area contributed by atoms with Crippen molar-refractivity contribution in [1.82, 2.24) is 28.9 Å². The van der Waals surface area contributed by atoms with E-state index in [4.69, 9.17) is 11.6 Å². The van der Waals surface area contributed by atoms with Gasteiger partial charge in [-0.1, -0.05) is 11.6 Å². The number of hydrogen-bond acceptors (Lipinski definition) is 6. The summed E-state index contributed by atoms with van der Waals surface area (Å²) >= 11 is 5.91. The van der Waals surface area contributed by atoms with E-state index >= 15 is 0 Å². The lowest BCUT2D eigenvalue weighted by molar-refractivity contribution is 0.695. The number of aryl methyl sites for hydroxylation is 1. The minimum absolute atomic E-state index is 0.201. The summed E-state index contributed by atoms with van der Waals surface area (Å²) in [6.45, 7) is 0.673. The highest BCUT2D eigenvalue weighted by molar-refractivity contribution is 6.32. The lowest BCUT2D eigenvalue weighted by atomic mass is 10.4. The number of nitrogens with zero attached hydrogens (tertiary/aromatic N) is 5. The molecule has 3 heterocycles. The van der Waals surface area contributed by atoms with Crippen LogP contribution < -0.4 is 22.1 Å². The van der Waals surface area contributed by atoms with Gasteiger partial charge in [0, 0.05) is 27.2 Å². The van der Waals surface area contributed by atoms with Crippen LogP contribution >= 0.6 is 11.6 Å². The third kappa shape index (κ3) is 2.50. The van der Waals surface area contributed by atoms with E-state index in [0.717, 1.165) is 4.57 Å². The van der Waals surface area contributed by atoms with Crippen molar-refractivity contribution in [2.24, 2.45) is 14.1 Å². The smallest absolute Gasteiger partial charge is 0.332 e. The van der Waals surface area contributed by atoms with E-state index in [1.165, 1.54) is 24.1 Å². The number of imidazole rings is 1. The quantitative estimate of drug-likeness (QED) is 0.640. The Morgan fingerprint density at radius 3 is 2.71 bits per heavy atom. The molecule has 10 nitrogen and oxygen atoms in total. The van der Waals surface area contributed by atoms with Crippen LogP contribution in [0, 0.1) is 0 Å². The Labute approximate surface area is 139 Å². The van der Waals surface area contributed by atoms with Gasteiger partial charge in [-0.25, -0.2) is 14.9 Å². The molecule has 0 aliphatic heterocycles. The molecule has 0 bridgehead atoms. The van der Waals surface area contributed by atoms with Crippen LogP contribution in [-0.2, 0) is 20.6 Å². The molecule has 2 N–H and O–H groups in total. The maximum atomic E-state index is 12.3. The number of halogens is 1. The molecule has 3 aromatic rings. The predicted octanol–water partition coefficient (Wildman–Crippen LogP) is -0.718. The molecule has 0 saturated carbocycles. The number of nitrogens with one attached hydrogen (secondary N) is 2. The van der Waals surface area contributed by atoms with Crippen molar-refractivity contribution in [2.75, 3.05) is 11.9 Å². The standard InChI is InChI=1S/C13H14ClN7O3/c1-19-10-9(12(23)20(2)13(19)24)21(6-16-10)4-3-15-8-7(14)5-17-18-11(8)22/h5-6H,3-4H2,1-2H3,(H,15,17)(H,18,22). The largest absolute Gasteiger partial charge is 0.377 e. The normalized spacial score (nSPS) is 11.1. The van der Waals surface area contributed by atoms with Crippen LogP contribution in [0.5, 0.6) is 0 Å². The highest BCUT2D eigenvalue weighted by Crippen LogP contribution is 2.14. The lowest BCUT2D eigenvalue weighted by Crippen LogP contribution is -2.37. The van der Waals surface area contributed by atoms with Crippen molar-refractivity contribution in [3.05, 3.63) is 48.7 Å². The van der Waals surface area contributed by atoms with E-state index in [9.17, 15) is 14.4 Å². The SMILES string of the molecule is Cn1c(=O)c2c(ncn2CCNc2c(Cl)cn[nH]c2=O)n(C)c1=O. The molecule has 0 aromatic carbocycles. The van der Waals surface area contributed by atoms with Gasteiger partial charge in [0.05, 0.1) is 17.5 Å². The van der Waals surface area contributed by atoms with E-state index in [-0.39, 0.29) is 10.7 Å². The lowest BCUT2D eigenvalue weighted by Gasteiger charge is -2.09. The van der Waals surface area contributed by atoms with Gasteiger partial charge < -0.3 is 9.88 Å². The fraction of sp³-hybridized carbons (Fsp3) is 0.308. The second-order valence-corrected chi connectivity index (χ2v) is 5.57. The Morgan fingerprint density at radius 1 is 1.25 bits per heavy atom. The van der Waals surface area contributed by atoms with Crippen molar-refractivity contribution >= 4 is 28.5 Å². The monoisotopic (exact) mass is 351 g/mol. The summed E-state index contributed by atoms with van der Waals surface area (Å²) in [7, 11) is 2.96. The fourth-order valence-electron chi connectivity index (χ4n) is 2.41. The van der Waals surface area contributed by atoms with E-state index in [0.29, 0.717) is 24.3 Å². The van der Waals surface area contributed by atoms with Crippen LogP contribution in [0.1, 0.15) is 0 Å². The Morgan fingerprint density at radius 2 is 2.00 bits per heavy atom. The fourth-order valence-corrected chi connectivity index (χ4v) is 2.61. The molecular weight excluding hydrogens is 338 g/mol. The maximum absolute atomic E-state index is 12.3. The summed E-state index contributed by atoms with van der Waals surface area (Å²) in [5.74, 6) is 0. The summed E-state index contributed by atoms with van der Waals surface area (Å²) in [6.07, 6.45) is 2.80. The van der Waals surface area contributed by atoms with Crippen molar-refractivity contribution in [1.29, 1.82) is 0 Å². The highest BCUT2D eigenvalue weighted by Gasteiger charge is 2.14. The molecule has 0 aliphatic rings. The average Bonchev–Trinajstić information content (AvgIpc) is 2.98. The van der Waals surface area contributed by atoms with Gasteiger partial charge in [-0.15, -0.1) is 0 Å². The number of rotatable bonds is 4. The maximum Gasteiger partial charge on any atom is 0.332 e. The van der Waals surface area contributed by atoms with E-state index in [1.807, 2.05) is 0 Å². The number of hydrogen-bond donors (Lipinski definition) is 2. The topological polar surface area (TPSA) is 120 Å². The second kappa shape index (κ2) is 5.96. The third-order valence-electron chi connectivity index (χ3n) is 3.68. The van der Waals surface area contributed by atoms with Crippen molar-refractivity contribution in [3.63, 3.8) is 0 Å². The molecule has 24 heavy (non-hydrogen) atoms. The first kappa shape index (κ1) is 16.0. The number of H-pyrrole nitrogens is 1. The Hall–Kier alpha value is -2.88. The number of aromatic nitrogens is 6. The molecule has 126 valence electrons. The molecule has 0 amide bonds. The first-order valence-corrected chi connectivity index (χ1v) is 7.37. The minimum Gasteiger partial charge on any atom is -0.377 e. The summed E-state index contributed by atoms with van der Waals surface area (Å²) in [5, 5.41) is 8.97. The van der Waals surface area contributed by atoms with Gasteiger partial charge in [0.1, 0.15) is 5.69 Å². The average molecular weight is 352 g/mol. The van der Waals surface area contributed by atoms with Crippen molar-refractivity contribution in [2.45, 2.75) is 6.54 Å². The molecule has 3 aromatic heterocycles. The zero-order valence-corrected chi connectivity index (χ0v) is 13.7. The van der Waals surface area contributed by atoms with Crippen LogP contribution in [0.15, 0.2) is 26.9 Å². The summed E-state index contributed by atoms with van der Waals surface area (Å²) in [4.78, 5) is 40.0. The van der Waals surface area contributed by atoms with Gasteiger partial charge in [-0.05, 0) is 0 Å². The molecule has 0 radical (unpaired) electrons. The van der Waals surface area contributed by atoms with E-state index < -0.39 is 16.8 Å². The molecule has 0 fully saturated rings. The molecule has 0 saturated heterocycles. The van der Waals surface area contributed by atoms with Crippen LogP contribution in [0.3, 0.4) is 0 Å². The zero-order valence-electron chi connectivity index (χ0n) is 12.9. The third-order valence-corrected chi connectivity index (χ3v) is 3.97. The first-order chi connectivity index (χ1) is 11.4. The van der Waals surface area contributed by atoms with Crippen molar-refractivity contribution in [3.8, 4) is 0 Å². The summed E-state index contributed by atoms with van der Waals surface area (Å²) in [6, 6.07) is 0. The van der Waals surface area contributed by atoms with Gasteiger partial charge in [0.2, 0.25) is 0 Å². The Kier molecular flexibility index (Phi) is 3.97. The van der Waals surface area contributed by atoms with Crippen LogP contribution in [0.25, 0.3) is 11.2 Å².